The van der Waals surface area contributed by atoms with Crippen LogP contribution in [0.3, 0.4) is 0 Å². The highest BCUT2D eigenvalue weighted by Crippen LogP contribution is 2.20. The van der Waals surface area contributed by atoms with Crippen LogP contribution in [0.1, 0.15) is 26.6 Å². The van der Waals surface area contributed by atoms with Gasteiger partial charge in [0.1, 0.15) is 5.82 Å². The number of hydrogen-bond acceptors (Lipinski definition) is 4. The molecular weight excluding hydrogens is 315 g/mol. The van der Waals surface area contributed by atoms with E-state index >= 15 is 0 Å². The van der Waals surface area contributed by atoms with E-state index in [-0.39, 0.29) is 5.41 Å². The predicted octanol–water partition coefficient (Wildman–Crippen LogP) is 4.70. The third-order valence-electron chi connectivity index (χ3n) is 3.58. The second-order valence-corrected chi connectivity index (χ2v) is 6.68. The molecule has 0 saturated carbocycles. The average molecular weight is 334 g/mol. The Morgan fingerprint density at radius 2 is 1.36 bits per heavy atom. The number of hydrogen-bond donors (Lipinski definition) is 0. The van der Waals surface area contributed by atoms with Crippen molar-refractivity contribution in [1.82, 2.24) is 19.9 Å². The Kier molecular flexibility index (Phi) is 4.65. The number of para-hydroxylation sites is 3. The highest BCUT2D eigenvalue weighted by molar-refractivity contribution is 5.77. The van der Waals surface area contributed by atoms with Crippen LogP contribution in [-0.2, 0) is 5.41 Å². The van der Waals surface area contributed by atoms with Crippen molar-refractivity contribution in [2.75, 3.05) is 0 Å². The summed E-state index contributed by atoms with van der Waals surface area (Å²) in [7, 11) is 0. The fourth-order valence-electron chi connectivity index (χ4n) is 2.27. The van der Waals surface area contributed by atoms with Gasteiger partial charge >= 0.3 is 0 Å². The van der Waals surface area contributed by atoms with Gasteiger partial charge in [0.15, 0.2) is 0 Å². The molecule has 0 aliphatic rings. The minimum atomic E-state index is -0.538. The molecule has 0 aliphatic carbocycles. The van der Waals surface area contributed by atoms with E-state index in [2.05, 4.69) is 40.7 Å². The van der Waals surface area contributed by atoms with Crippen LogP contribution in [-0.4, -0.2) is 19.9 Å². The average Bonchev–Trinajstić information content (AvgIpc) is 2.61. The monoisotopic (exact) mass is 334 g/mol. The minimum Gasteiger partial charge on any atom is -0.250 e. The van der Waals surface area contributed by atoms with E-state index in [4.69, 9.17) is 0 Å². The Bertz CT molecular complexity index is 1010. The lowest BCUT2D eigenvalue weighted by Crippen LogP contribution is -2.15. The molecule has 0 atom stereocenters. The van der Waals surface area contributed by atoms with Crippen molar-refractivity contribution in [2.45, 2.75) is 26.2 Å². The molecule has 0 amide bonds. The first-order valence-corrected chi connectivity index (χ1v) is 8.03. The Morgan fingerprint density at radius 1 is 0.720 bits per heavy atom. The van der Waals surface area contributed by atoms with Gasteiger partial charge in [-0.2, -0.15) is 4.39 Å². The zero-order valence-electron chi connectivity index (χ0n) is 14.4. The standard InChI is InChI=1S/C12H14N2.C8H5FN2/c1-12(2,3)11-13-8-9-6-4-5-7-10(9)14-11;9-8-5-10-6-3-1-2-4-7(6)11-8/h4-8H,1-3H3;1-5H. The Hall–Kier alpha value is -2.95. The second kappa shape index (κ2) is 6.89. The number of aromatic nitrogens is 4. The molecule has 0 N–H and O–H groups in total. The molecule has 2 aromatic heterocycles. The molecule has 0 radical (unpaired) electrons. The fourth-order valence-corrected chi connectivity index (χ4v) is 2.27. The number of fused-ring (bicyclic) bond motifs is 2. The van der Waals surface area contributed by atoms with Gasteiger partial charge in [-0.05, 0) is 18.2 Å². The summed E-state index contributed by atoms with van der Waals surface area (Å²) in [5.74, 6) is 0.361. The van der Waals surface area contributed by atoms with E-state index in [0.717, 1.165) is 22.9 Å². The van der Waals surface area contributed by atoms with Crippen LogP contribution in [0.25, 0.3) is 21.9 Å². The topological polar surface area (TPSA) is 51.6 Å². The van der Waals surface area contributed by atoms with Crippen molar-refractivity contribution < 1.29 is 4.39 Å². The first kappa shape index (κ1) is 16.9. The molecule has 0 spiro atoms. The maximum absolute atomic E-state index is 12.5. The zero-order chi connectivity index (χ0) is 17.9. The van der Waals surface area contributed by atoms with Gasteiger partial charge in [0.05, 0.1) is 22.7 Å². The highest BCUT2D eigenvalue weighted by atomic mass is 19.1. The van der Waals surface area contributed by atoms with Crippen molar-refractivity contribution in [1.29, 1.82) is 0 Å². The van der Waals surface area contributed by atoms with Gasteiger partial charge in [-0.3, -0.25) is 0 Å². The van der Waals surface area contributed by atoms with Gasteiger partial charge in [0.2, 0.25) is 5.95 Å². The molecule has 126 valence electrons. The molecule has 2 aromatic carbocycles. The van der Waals surface area contributed by atoms with Crippen molar-refractivity contribution in [3.63, 3.8) is 0 Å². The van der Waals surface area contributed by atoms with E-state index in [0.29, 0.717) is 11.0 Å². The predicted molar refractivity (Wildman–Crippen MR) is 97.7 cm³/mol. The van der Waals surface area contributed by atoms with Crippen LogP contribution in [0, 0.1) is 5.95 Å². The number of nitrogens with zero attached hydrogens (tertiary/aromatic N) is 4. The Morgan fingerprint density at radius 3 is 2.08 bits per heavy atom. The van der Waals surface area contributed by atoms with E-state index in [1.165, 1.54) is 0 Å². The largest absolute Gasteiger partial charge is 0.250 e. The SMILES string of the molecule is CC(C)(C)c1ncc2ccccc2n1.Fc1cnc2ccccc2n1. The smallest absolute Gasteiger partial charge is 0.231 e. The van der Waals surface area contributed by atoms with Gasteiger partial charge in [-0.15, -0.1) is 0 Å². The lowest BCUT2D eigenvalue weighted by atomic mass is 9.95. The highest BCUT2D eigenvalue weighted by Gasteiger charge is 2.16. The van der Waals surface area contributed by atoms with Crippen molar-refractivity contribution >= 4 is 21.9 Å². The van der Waals surface area contributed by atoms with E-state index in [1.54, 1.807) is 18.2 Å². The maximum atomic E-state index is 12.5. The van der Waals surface area contributed by atoms with Crippen LogP contribution in [0.5, 0.6) is 0 Å². The summed E-state index contributed by atoms with van der Waals surface area (Å²) in [6.45, 7) is 6.37. The van der Waals surface area contributed by atoms with E-state index in [9.17, 15) is 4.39 Å². The zero-order valence-corrected chi connectivity index (χ0v) is 14.4. The Labute approximate surface area is 145 Å². The summed E-state index contributed by atoms with van der Waals surface area (Å²) in [6.07, 6.45) is 3.01. The molecule has 0 aliphatic heterocycles. The molecule has 0 fully saturated rings. The third kappa shape index (κ3) is 4.12. The number of benzene rings is 2. The first-order chi connectivity index (χ1) is 11.9. The normalized spacial score (nSPS) is 11.2. The van der Waals surface area contributed by atoms with Gasteiger partial charge in [-0.1, -0.05) is 51.1 Å². The molecule has 4 aromatic rings. The molecule has 5 heteroatoms. The van der Waals surface area contributed by atoms with Crippen LogP contribution < -0.4 is 0 Å². The molecule has 0 saturated heterocycles. The lowest BCUT2D eigenvalue weighted by Gasteiger charge is -2.16. The van der Waals surface area contributed by atoms with Gasteiger partial charge in [-0.25, -0.2) is 19.9 Å². The Balaban J connectivity index is 0.000000150. The van der Waals surface area contributed by atoms with Crippen LogP contribution in [0.4, 0.5) is 4.39 Å². The summed E-state index contributed by atoms with van der Waals surface area (Å²) in [5.41, 5.74) is 2.35. The summed E-state index contributed by atoms with van der Waals surface area (Å²) in [5, 5.41) is 1.10. The summed E-state index contributed by atoms with van der Waals surface area (Å²) < 4.78 is 12.5. The lowest BCUT2D eigenvalue weighted by molar-refractivity contribution is 0.548. The van der Waals surface area contributed by atoms with Gasteiger partial charge < -0.3 is 0 Å². The quantitative estimate of drug-likeness (QED) is 0.468. The maximum Gasteiger partial charge on any atom is 0.231 e. The molecule has 0 bridgehead atoms. The van der Waals surface area contributed by atoms with Crippen molar-refractivity contribution in [3.8, 4) is 0 Å². The van der Waals surface area contributed by atoms with Gasteiger partial charge in [0, 0.05) is 17.0 Å². The van der Waals surface area contributed by atoms with E-state index < -0.39 is 5.95 Å². The van der Waals surface area contributed by atoms with Crippen molar-refractivity contribution in [2.24, 2.45) is 0 Å². The van der Waals surface area contributed by atoms with Crippen LogP contribution in [0.15, 0.2) is 60.9 Å². The first-order valence-electron chi connectivity index (χ1n) is 8.03. The molecule has 2 heterocycles. The van der Waals surface area contributed by atoms with Gasteiger partial charge in [0.25, 0.3) is 0 Å². The van der Waals surface area contributed by atoms with Crippen LogP contribution >= 0.6 is 0 Å². The molecule has 25 heavy (non-hydrogen) atoms. The van der Waals surface area contributed by atoms with Crippen molar-refractivity contribution in [3.05, 3.63) is 72.7 Å². The summed E-state index contributed by atoms with van der Waals surface area (Å²) >= 11 is 0. The number of rotatable bonds is 0. The fraction of sp³-hybridized carbons (Fsp3) is 0.200. The molecule has 4 rings (SSSR count). The molecule has 4 nitrogen and oxygen atoms in total. The molecule has 0 unspecified atom stereocenters. The summed E-state index contributed by atoms with van der Waals surface area (Å²) in [6, 6.07) is 15.2. The summed E-state index contributed by atoms with van der Waals surface area (Å²) in [4.78, 5) is 16.4. The second-order valence-electron chi connectivity index (χ2n) is 6.68. The van der Waals surface area contributed by atoms with E-state index in [1.807, 2.05) is 36.5 Å². The van der Waals surface area contributed by atoms with Crippen LogP contribution in [0.2, 0.25) is 0 Å². The molecular formula is C20H19FN4. The number of halogens is 1. The third-order valence-corrected chi connectivity index (χ3v) is 3.58. The minimum absolute atomic E-state index is 0.0179.